The molecule has 1 saturated heterocycles. The lowest BCUT2D eigenvalue weighted by Gasteiger charge is -2.35. The van der Waals surface area contributed by atoms with Crippen molar-refractivity contribution < 1.29 is 0 Å². The first-order valence-electron chi connectivity index (χ1n) is 10.5. The summed E-state index contributed by atoms with van der Waals surface area (Å²) in [6.45, 7) is 3.29. The summed E-state index contributed by atoms with van der Waals surface area (Å²) < 4.78 is 0. The van der Waals surface area contributed by atoms with Gasteiger partial charge in [-0.05, 0) is 30.3 Å². The number of hydrogen-bond donors (Lipinski definition) is 1. The summed E-state index contributed by atoms with van der Waals surface area (Å²) in [6.07, 6.45) is 3.55. The van der Waals surface area contributed by atoms with Crippen LogP contribution < -0.4 is 15.1 Å². The molecule has 1 N–H and O–H groups in total. The Bertz CT molecular complexity index is 1160. The molecule has 2 aromatic heterocycles. The minimum Gasteiger partial charge on any atom is -0.354 e. The maximum Gasteiger partial charge on any atom is 0.225 e. The largest absolute Gasteiger partial charge is 0.354 e. The number of nitrogens with zero attached hydrogens (tertiary/aromatic N) is 6. The number of hydrogen-bond acceptors (Lipinski definition) is 7. The van der Waals surface area contributed by atoms with Gasteiger partial charge >= 0.3 is 0 Å². The van der Waals surface area contributed by atoms with Crippen LogP contribution in [0.15, 0.2) is 79.1 Å². The highest BCUT2D eigenvalue weighted by Crippen LogP contribution is 2.31. The molecule has 3 heterocycles. The van der Waals surface area contributed by atoms with Crippen LogP contribution in [0.3, 0.4) is 0 Å². The smallest absolute Gasteiger partial charge is 0.225 e. The van der Waals surface area contributed by atoms with Crippen molar-refractivity contribution in [1.82, 2.24) is 20.2 Å². The average Bonchev–Trinajstić information content (AvgIpc) is 2.87. The number of anilines is 4. The van der Waals surface area contributed by atoms with E-state index in [4.69, 9.17) is 11.6 Å². The summed E-state index contributed by atoms with van der Waals surface area (Å²) in [5.41, 5.74) is 3.66. The van der Waals surface area contributed by atoms with E-state index in [-0.39, 0.29) is 0 Å². The van der Waals surface area contributed by atoms with Crippen molar-refractivity contribution in [3.8, 4) is 11.3 Å². The number of halogens is 1. The molecule has 0 bridgehead atoms. The number of aromatic nitrogens is 4. The van der Waals surface area contributed by atoms with Crippen molar-refractivity contribution in [3.05, 3.63) is 84.1 Å². The number of benzene rings is 2. The fourth-order valence-electron chi connectivity index (χ4n) is 3.72. The molecule has 1 fully saturated rings. The number of rotatable bonds is 5. The molecule has 8 heteroatoms. The predicted octanol–water partition coefficient (Wildman–Crippen LogP) is 4.66. The third-order valence-electron chi connectivity index (χ3n) is 5.39. The van der Waals surface area contributed by atoms with Crippen molar-refractivity contribution in [2.75, 3.05) is 41.3 Å². The first kappa shape index (κ1) is 20.2. The van der Waals surface area contributed by atoms with E-state index in [1.54, 1.807) is 12.4 Å². The van der Waals surface area contributed by atoms with Crippen LogP contribution in [0.2, 0.25) is 5.02 Å². The molecule has 160 valence electrons. The standard InChI is InChI=1S/C24H22ClN7/c25-19-7-9-20(10-8-19)28-21-17-22(29-30-23(21)18-5-2-1-3-6-18)31-13-15-32(16-14-31)24-26-11-4-12-27-24/h1-12,17H,13-16H2,(H,28,29). The Hall–Kier alpha value is -3.71. The van der Waals surface area contributed by atoms with E-state index in [2.05, 4.69) is 41.3 Å². The highest BCUT2D eigenvalue weighted by atomic mass is 35.5. The zero-order valence-corrected chi connectivity index (χ0v) is 18.2. The van der Waals surface area contributed by atoms with Gasteiger partial charge in [-0.3, -0.25) is 0 Å². The first-order chi connectivity index (χ1) is 15.8. The van der Waals surface area contributed by atoms with Crippen LogP contribution in [0.1, 0.15) is 0 Å². The summed E-state index contributed by atoms with van der Waals surface area (Å²) in [5.74, 6) is 1.61. The maximum atomic E-state index is 6.05. The molecule has 0 unspecified atom stereocenters. The molecular formula is C24H22ClN7. The molecule has 1 aliphatic rings. The Labute approximate surface area is 191 Å². The molecule has 32 heavy (non-hydrogen) atoms. The van der Waals surface area contributed by atoms with E-state index in [1.807, 2.05) is 60.7 Å². The van der Waals surface area contributed by atoms with Crippen LogP contribution in [0, 0.1) is 0 Å². The fourth-order valence-corrected chi connectivity index (χ4v) is 3.85. The van der Waals surface area contributed by atoms with Gasteiger partial charge in [0.25, 0.3) is 0 Å². The second-order valence-electron chi connectivity index (χ2n) is 7.49. The molecule has 0 aliphatic carbocycles. The Morgan fingerprint density at radius 1 is 0.750 bits per heavy atom. The summed E-state index contributed by atoms with van der Waals surface area (Å²) >= 11 is 6.05. The second kappa shape index (κ2) is 9.20. The third-order valence-corrected chi connectivity index (χ3v) is 5.64. The van der Waals surface area contributed by atoms with E-state index in [0.29, 0.717) is 5.02 Å². The van der Waals surface area contributed by atoms with Crippen LogP contribution in [0.5, 0.6) is 0 Å². The van der Waals surface area contributed by atoms with E-state index < -0.39 is 0 Å². The van der Waals surface area contributed by atoms with Crippen LogP contribution >= 0.6 is 11.6 Å². The van der Waals surface area contributed by atoms with Crippen LogP contribution in [0.25, 0.3) is 11.3 Å². The quantitative estimate of drug-likeness (QED) is 0.481. The maximum absolute atomic E-state index is 6.05. The van der Waals surface area contributed by atoms with Gasteiger partial charge in [-0.15, -0.1) is 10.2 Å². The molecular weight excluding hydrogens is 422 g/mol. The summed E-state index contributed by atoms with van der Waals surface area (Å²) in [4.78, 5) is 13.2. The first-order valence-corrected chi connectivity index (χ1v) is 10.9. The van der Waals surface area contributed by atoms with Gasteiger partial charge in [0.1, 0.15) is 5.69 Å². The van der Waals surface area contributed by atoms with Crippen molar-refractivity contribution in [2.24, 2.45) is 0 Å². The minimum absolute atomic E-state index is 0.702. The highest BCUT2D eigenvalue weighted by Gasteiger charge is 2.21. The van der Waals surface area contributed by atoms with Crippen molar-refractivity contribution in [1.29, 1.82) is 0 Å². The zero-order chi connectivity index (χ0) is 21.8. The van der Waals surface area contributed by atoms with Gasteiger partial charge < -0.3 is 15.1 Å². The van der Waals surface area contributed by atoms with Gasteiger partial charge in [0.15, 0.2) is 5.82 Å². The molecule has 4 aromatic rings. The minimum atomic E-state index is 0.702. The van der Waals surface area contributed by atoms with E-state index in [0.717, 1.165) is 60.6 Å². The lowest BCUT2D eigenvalue weighted by molar-refractivity contribution is 0.631. The number of piperazine rings is 1. The van der Waals surface area contributed by atoms with Gasteiger partial charge in [0.2, 0.25) is 5.95 Å². The number of nitrogens with one attached hydrogen (secondary N) is 1. The summed E-state index contributed by atoms with van der Waals surface area (Å²) in [7, 11) is 0. The molecule has 5 rings (SSSR count). The van der Waals surface area contributed by atoms with E-state index >= 15 is 0 Å². The molecule has 1 aliphatic heterocycles. The van der Waals surface area contributed by atoms with Crippen molar-refractivity contribution in [2.45, 2.75) is 0 Å². The molecule has 0 spiro atoms. The van der Waals surface area contributed by atoms with Gasteiger partial charge in [0.05, 0.1) is 5.69 Å². The summed E-state index contributed by atoms with van der Waals surface area (Å²) in [5, 5.41) is 13.4. The lowest BCUT2D eigenvalue weighted by Crippen LogP contribution is -2.47. The fraction of sp³-hybridized carbons (Fsp3) is 0.167. The van der Waals surface area contributed by atoms with Crippen molar-refractivity contribution >= 4 is 34.7 Å². The molecule has 0 radical (unpaired) electrons. The van der Waals surface area contributed by atoms with Gasteiger partial charge in [-0.25, -0.2) is 9.97 Å². The van der Waals surface area contributed by atoms with Crippen LogP contribution in [0.4, 0.5) is 23.1 Å². The van der Waals surface area contributed by atoms with Crippen LogP contribution in [-0.4, -0.2) is 46.3 Å². The van der Waals surface area contributed by atoms with Crippen LogP contribution in [-0.2, 0) is 0 Å². The van der Waals surface area contributed by atoms with Gasteiger partial charge in [-0.2, -0.15) is 0 Å². The summed E-state index contributed by atoms with van der Waals surface area (Å²) in [6, 6.07) is 21.6. The monoisotopic (exact) mass is 443 g/mol. The predicted molar refractivity (Wildman–Crippen MR) is 129 cm³/mol. The van der Waals surface area contributed by atoms with Gasteiger partial charge in [-0.1, -0.05) is 41.9 Å². The second-order valence-corrected chi connectivity index (χ2v) is 7.92. The zero-order valence-electron chi connectivity index (χ0n) is 17.4. The molecule has 0 saturated carbocycles. The SMILES string of the molecule is Clc1ccc(Nc2cc(N3CCN(c4ncccn4)CC3)nnc2-c2ccccc2)cc1. The topological polar surface area (TPSA) is 70.1 Å². The molecule has 7 nitrogen and oxygen atoms in total. The van der Waals surface area contributed by atoms with E-state index in [1.165, 1.54) is 0 Å². The average molecular weight is 444 g/mol. The Morgan fingerprint density at radius 2 is 1.44 bits per heavy atom. The Kier molecular flexibility index (Phi) is 5.81. The third kappa shape index (κ3) is 4.48. The molecule has 2 aromatic carbocycles. The Morgan fingerprint density at radius 3 is 2.16 bits per heavy atom. The van der Waals surface area contributed by atoms with Crippen molar-refractivity contribution in [3.63, 3.8) is 0 Å². The normalized spacial score (nSPS) is 13.8. The molecule has 0 amide bonds. The highest BCUT2D eigenvalue weighted by molar-refractivity contribution is 6.30. The lowest BCUT2D eigenvalue weighted by atomic mass is 10.1. The molecule has 0 atom stereocenters. The van der Waals surface area contributed by atoms with E-state index in [9.17, 15) is 0 Å². The Balaban J connectivity index is 1.40. The van der Waals surface area contributed by atoms with Gasteiger partial charge in [0, 0.05) is 60.9 Å².